The quantitative estimate of drug-likeness (QED) is 0.273. The van der Waals surface area contributed by atoms with Crippen LogP contribution in [0.3, 0.4) is 0 Å². The van der Waals surface area contributed by atoms with Gasteiger partial charge in [-0.15, -0.1) is 0 Å². The fourth-order valence-electron chi connectivity index (χ4n) is 4.69. The fourth-order valence-corrected chi connectivity index (χ4v) is 4.69. The average molecular weight is 357 g/mol. The summed E-state index contributed by atoms with van der Waals surface area (Å²) in [7, 11) is 0. The van der Waals surface area contributed by atoms with Gasteiger partial charge in [0.1, 0.15) is 17.1 Å². The van der Waals surface area contributed by atoms with Crippen molar-refractivity contribution in [1.29, 1.82) is 0 Å². The van der Waals surface area contributed by atoms with Crippen LogP contribution in [-0.4, -0.2) is 11.6 Å². The van der Waals surface area contributed by atoms with E-state index in [4.69, 9.17) is 9.47 Å². The number of unbranched alkanes of at least 4 members (excludes halogenated alkanes) is 2. The zero-order chi connectivity index (χ0) is 18.9. The zero-order valence-electron chi connectivity index (χ0n) is 16.7. The van der Waals surface area contributed by atoms with Gasteiger partial charge < -0.3 is 9.47 Å². The molecular weight excluding hydrogens is 324 g/mol. The number of hydrogen-bond donors (Lipinski definition) is 0. The average Bonchev–Trinajstić information content (AvgIpc) is 2.53. The third kappa shape index (κ3) is 3.82. The lowest BCUT2D eigenvalue weighted by atomic mass is 9.65. The summed E-state index contributed by atoms with van der Waals surface area (Å²) >= 11 is 0. The second-order valence-electron chi connectivity index (χ2n) is 8.41. The number of esters is 1. The van der Waals surface area contributed by atoms with E-state index in [9.17, 15) is 4.79 Å². The minimum absolute atomic E-state index is 0.126. The largest absolute Gasteiger partial charge is 0.487 e. The van der Waals surface area contributed by atoms with Gasteiger partial charge in [0.2, 0.25) is 0 Å². The molecule has 0 amide bonds. The molecule has 3 heteroatoms. The molecule has 2 aliphatic rings. The first-order valence-corrected chi connectivity index (χ1v) is 10.0. The van der Waals surface area contributed by atoms with Crippen molar-refractivity contribution in [3.8, 4) is 11.5 Å². The topological polar surface area (TPSA) is 35.5 Å². The van der Waals surface area contributed by atoms with Gasteiger partial charge in [-0.05, 0) is 69.6 Å². The van der Waals surface area contributed by atoms with E-state index in [2.05, 4.69) is 39.5 Å². The Morgan fingerprint density at radius 1 is 1.35 bits per heavy atom. The molecular formula is C23H32O3. The van der Waals surface area contributed by atoms with Crippen molar-refractivity contribution < 1.29 is 14.3 Å². The highest BCUT2D eigenvalue weighted by atomic mass is 16.5. The van der Waals surface area contributed by atoms with Crippen LogP contribution in [0.15, 0.2) is 24.3 Å². The van der Waals surface area contributed by atoms with Crippen LogP contribution >= 0.6 is 0 Å². The summed E-state index contributed by atoms with van der Waals surface area (Å²) < 4.78 is 12.1. The van der Waals surface area contributed by atoms with E-state index in [1.807, 2.05) is 0 Å². The van der Waals surface area contributed by atoms with Crippen molar-refractivity contribution in [2.24, 2.45) is 5.92 Å². The zero-order valence-corrected chi connectivity index (χ0v) is 16.7. The number of aryl methyl sites for hydroxylation is 1. The molecule has 1 heterocycles. The first-order valence-electron chi connectivity index (χ1n) is 10.0. The van der Waals surface area contributed by atoms with Crippen LogP contribution < -0.4 is 9.47 Å². The van der Waals surface area contributed by atoms with Crippen molar-refractivity contribution in [2.45, 2.75) is 84.2 Å². The van der Waals surface area contributed by atoms with Crippen molar-refractivity contribution in [3.05, 3.63) is 35.4 Å². The summed E-state index contributed by atoms with van der Waals surface area (Å²) in [4.78, 5) is 11.7. The number of carbonyl (C=O) groups excluding carboxylic acids is 1. The van der Waals surface area contributed by atoms with Gasteiger partial charge in [0.15, 0.2) is 0 Å². The molecule has 3 nitrogen and oxygen atoms in total. The van der Waals surface area contributed by atoms with Gasteiger partial charge in [-0.3, -0.25) is 4.79 Å². The third-order valence-corrected chi connectivity index (χ3v) is 5.97. The van der Waals surface area contributed by atoms with E-state index < -0.39 is 0 Å². The monoisotopic (exact) mass is 356 g/mol. The van der Waals surface area contributed by atoms with Gasteiger partial charge in [0.25, 0.3) is 0 Å². The normalized spacial score (nSPS) is 26.6. The molecule has 1 fully saturated rings. The van der Waals surface area contributed by atoms with E-state index in [1.54, 1.807) is 0 Å². The second kappa shape index (κ2) is 7.46. The number of fused-ring (bicyclic) bond motifs is 4. The van der Waals surface area contributed by atoms with Crippen LogP contribution in [-0.2, 0) is 11.2 Å². The summed E-state index contributed by atoms with van der Waals surface area (Å²) in [5.41, 5.74) is 3.36. The number of hydrogen-bond acceptors (Lipinski definition) is 3. The Morgan fingerprint density at radius 2 is 2.12 bits per heavy atom. The number of rotatable bonds is 6. The Hall–Kier alpha value is -1.77. The summed E-state index contributed by atoms with van der Waals surface area (Å²) in [6, 6.07) is 4.25. The fraction of sp³-hybridized carbons (Fsp3) is 0.609. The molecule has 1 aliphatic heterocycles. The molecule has 1 aromatic rings. The smallest absolute Gasteiger partial charge is 0.308 e. The number of ether oxygens (including phenoxy) is 2. The third-order valence-electron chi connectivity index (χ3n) is 5.97. The Kier molecular flexibility index (Phi) is 5.45. The molecule has 0 N–H and O–H groups in total. The molecule has 1 aromatic carbocycles. The van der Waals surface area contributed by atoms with Crippen molar-refractivity contribution in [3.63, 3.8) is 0 Å². The molecule has 0 radical (unpaired) electrons. The van der Waals surface area contributed by atoms with Crippen molar-refractivity contribution in [2.75, 3.05) is 0 Å². The Labute approximate surface area is 157 Å². The number of carbonyl (C=O) groups is 1. The van der Waals surface area contributed by atoms with Gasteiger partial charge >= 0.3 is 5.97 Å². The first kappa shape index (κ1) is 19.0. The van der Waals surface area contributed by atoms with Gasteiger partial charge in [-0.1, -0.05) is 31.9 Å². The molecule has 2 bridgehead atoms. The molecule has 1 unspecified atom stereocenters. The molecule has 0 saturated heterocycles. The van der Waals surface area contributed by atoms with E-state index in [0.29, 0.717) is 17.6 Å². The molecule has 142 valence electrons. The highest BCUT2D eigenvalue weighted by Crippen LogP contribution is 2.55. The minimum atomic E-state index is -0.270. The summed E-state index contributed by atoms with van der Waals surface area (Å²) in [6.07, 6.45) is 7.61. The molecule has 0 spiro atoms. The maximum Gasteiger partial charge on any atom is 0.308 e. The van der Waals surface area contributed by atoms with E-state index in [1.165, 1.54) is 30.9 Å². The maximum atomic E-state index is 11.7. The Balaban J connectivity index is 2.05. The lowest BCUT2D eigenvalue weighted by Crippen LogP contribution is -2.44. The molecule has 3 atom stereocenters. The Morgan fingerprint density at radius 3 is 2.77 bits per heavy atom. The minimum Gasteiger partial charge on any atom is -0.487 e. The maximum absolute atomic E-state index is 11.7. The molecule has 1 saturated carbocycles. The molecule has 0 aromatic heterocycles. The van der Waals surface area contributed by atoms with Crippen LogP contribution in [0.5, 0.6) is 11.5 Å². The van der Waals surface area contributed by atoms with Gasteiger partial charge in [0.05, 0.1) is 0 Å². The molecule has 3 rings (SSSR count). The number of allylic oxidation sites excluding steroid dienone is 1. The Bertz CT molecular complexity index is 706. The van der Waals surface area contributed by atoms with Crippen LogP contribution in [0, 0.1) is 5.92 Å². The highest BCUT2D eigenvalue weighted by Gasteiger charge is 2.46. The van der Waals surface area contributed by atoms with Crippen molar-refractivity contribution >= 4 is 5.97 Å². The molecule has 1 aliphatic carbocycles. The van der Waals surface area contributed by atoms with E-state index >= 15 is 0 Å². The summed E-state index contributed by atoms with van der Waals surface area (Å²) in [6.45, 7) is 12.2. The van der Waals surface area contributed by atoms with E-state index in [-0.39, 0.29) is 11.6 Å². The lowest BCUT2D eigenvalue weighted by molar-refractivity contribution is -0.132. The van der Waals surface area contributed by atoms with Crippen LogP contribution in [0.4, 0.5) is 0 Å². The predicted octanol–water partition coefficient (Wildman–Crippen LogP) is 5.96. The first-order chi connectivity index (χ1) is 12.3. The highest BCUT2D eigenvalue weighted by molar-refractivity contribution is 5.71. The molecule has 26 heavy (non-hydrogen) atoms. The van der Waals surface area contributed by atoms with Crippen LogP contribution in [0.2, 0.25) is 0 Å². The van der Waals surface area contributed by atoms with Crippen LogP contribution in [0.1, 0.15) is 83.3 Å². The van der Waals surface area contributed by atoms with Crippen LogP contribution in [0.25, 0.3) is 0 Å². The van der Waals surface area contributed by atoms with Crippen molar-refractivity contribution in [1.82, 2.24) is 0 Å². The standard InChI is InChI=1S/C23H32O3/c1-6-7-8-9-17-12-20(25-16(4)24)22-19-14-23(5,26-21(22)13-17)11-10-18(19)15(2)3/h12-13,18-19H,2,6-11,14H2,1,3-5H3/t18-,19?,23+/m0/s1. The van der Waals surface area contributed by atoms with Gasteiger partial charge in [-0.25, -0.2) is 0 Å². The SMILES string of the molecule is C=C(C)[C@@H]1CC[C@]2(C)CC1c1c(OC(C)=O)cc(CCCCC)cc1O2. The van der Waals surface area contributed by atoms with Gasteiger partial charge in [-0.2, -0.15) is 0 Å². The lowest BCUT2D eigenvalue weighted by Gasteiger charge is -2.48. The predicted molar refractivity (Wildman–Crippen MR) is 105 cm³/mol. The summed E-state index contributed by atoms with van der Waals surface area (Å²) in [5, 5.41) is 0. The second-order valence-corrected chi connectivity index (χ2v) is 8.41. The number of benzene rings is 1. The van der Waals surface area contributed by atoms with E-state index in [0.717, 1.165) is 43.4 Å². The van der Waals surface area contributed by atoms with Gasteiger partial charge in [0, 0.05) is 18.4 Å². The summed E-state index contributed by atoms with van der Waals surface area (Å²) in [5.74, 6) is 2.08.